The lowest BCUT2D eigenvalue weighted by Crippen LogP contribution is -2.46. The second-order valence-electron chi connectivity index (χ2n) is 5.67. The number of rotatable bonds is 4. The number of pyridine rings is 1. The third-order valence-corrected chi connectivity index (χ3v) is 4.04. The number of ether oxygens (including phenoxy) is 1. The summed E-state index contributed by atoms with van der Waals surface area (Å²) in [6.07, 6.45) is 3.21. The molecule has 2 aromatic rings. The van der Waals surface area contributed by atoms with Gasteiger partial charge in [0.25, 0.3) is 5.91 Å². The highest BCUT2D eigenvalue weighted by molar-refractivity contribution is 5.93. The third-order valence-electron chi connectivity index (χ3n) is 4.04. The van der Waals surface area contributed by atoms with E-state index in [0.717, 1.165) is 24.5 Å². The summed E-state index contributed by atoms with van der Waals surface area (Å²) in [5.41, 5.74) is 1.71. The first kappa shape index (κ1) is 15.3. The van der Waals surface area contributed by atoms with E-state index in [4.69, 9.17) is 4.74 Å². The van der Waals surface area contributed by atoms with Crippen LogP contribution in [0.25, 0.3) is 0 Å². The Bertz CT molecular complexity index is 675. The molecule has 1 aromatic carbocycles. The molecule has 1 aliphatic rings. The smallest absolute Gasteiger partial charge is 0.255 e. The minimum absolute atomic E-state index is 0.0383. The lowest BCUT2D eigenvalue weighted by Gasteiger charge is -2.37. The van der Waals surface area contributed by atoms with Crippen molar-refractivity contribution in [2.45, 2.75) is 13.0 Å². The van der Waals surface area contributed by atoms with Crippen LogP contribution in [0.3, 0.4) is 0 Å². The molecule has 0 radical (unpaired) electrons. The van der Waals surface area contributed by atoms with Crippen molar-refractivity contribution in [1.82, 2.24) is 9.88 Å². The lowest BCUT2D eigenvalue weighted by molar-refractivity contribution is 0.0709. The second kappa shape index (κ2) is 6.69. The number of nitrogens with zero attached hydrogens (tertiary/aromatic N) is 3. The Balaban J connectivity index is 1.70. The first-order chi connectivity index (χ1) is 11.2. The van der Waals surface area contributed by atoms with Gasteiger partial charge < -0.3 is 14.5 Å². The number of fused-ring (bicyclic) bond motifs is 1. The highest BCUT2D eigenvalue weighted by Gasteiger charge is 2.26. The van der Waals surface area contributed by atoms with Crippen molar-refractivity contribution in [3.63, 3.8) is 0 Å². The summed E-state index contributed by atoms with van der Waals surface area (Å²) in [5, 5.41) is 0. The van der Waals surface area contributed by atoms with E-state index < -0.39 is 0 Å². The Morgan fingerprint density at radius 3 is 2.91 bits per heavy atom. The van der Waals surface area contributed by atoms with Gasteiger partial charge in [-0.1, -0.05) is 12.1 Å². The van der Waals surface area contributed by atoms with Gasteiger partial charge in [0.1, 0.15) is 11.9 Å². The molecule has 1 aliphatic heterocycles. The molecule has 0 bridgehead atoms. The minimum Gasteiger partial charge on any atom is -0.485 e. The predicted octanol–water partition coefficient (Wildman–Crippen LogP) is 2.44. The molecule has 2 heterocycles. The average Bonchev–Trinajstić information content (AvgIpc) is 2.61. The molecule has 1 atom stereocenters. The van der Waals surface area contributed by atoms with E-state index in [9.17, 15) is 4.79 Å². The summed E-state index contributed by atoms with van der Waals surface area (Å²) in [5.74, 6) is 0.844. The van der Waals surface area contributed by atoms with Crippen LogP contribution in [-0.2, 0) is 0 Å². The van der Waals surface area contributed by atoms with Gasteiger partial charge in [0.05, 0.1) is 24.3 Å². The van der Waals surface area contributed by atoms with Gasteiger partial charge in [-0.2, -0.15) is 0 Å². The topological polar surface area (TPSA) is 45.7 Å². The zero-order valence-corrected chi connectivity index (χ0v) is 13.5. The maximum Gasteiger partial charge on any atom is 0.255 e. The highest BCUT2D eigenvalue weighted by atomic mass is 16.5. The monoisotopic (exact) mass is 311 g/mol. The summed E-state index contributed by atoms with van der Waals surface area (Å²) in [4.78, 5) is 20.4. The van der Waals surface area contributed by atoms with Crippen LogP contribution in [0.1, 0.15) is 17.3 Å². The molecule has 0 spiro atoms. The van der Waals surface area contributed by atoms with Crippen LogP contribution in [0.2, 0.25) is 0 Å². The molecule has 0 saturated heterocycles. The summed E-state index contributed by atoms with van der Waals surface area (Å²) in [6.45, 7) is 4.36. The number of likely N-dealkylation sites (N-methyl/N-ethyl adjacent to an activating group) is 2. The van der Waals surface area contributed by atoms with Crippen molar-refractivity contribution < 1.29 is 9.53 Å². The molecule has 0 fully saturated rings. The molecule has 0 saturated carbocycles. The Morgan fingerprint density at radius 1 is 1.35 bits per heavy atom. The lowest BCUT2D eigenvalue weighted by atomic mass is 10.1. The number of hydrogen-bond acceptors (Lipinski definition) is 4. The van der Waals surface area contributed by atoms with E-state index in [0.29, 0.717) is 12.1 Å². The number of amides is 1. The molecule has 3 rings (SSSR count). The fourth-order valence-electron chi connectivity index (χ4n) is 2.87. The number of benzene rings is 1. The van der Waals surface area contributed by atoms with Crippen LogP contribution in [-0.4, -0.2) is 48.6 Å². The zero-order chi connectivity index (χ0) is 16.2. The van der Waals surface area contributed by atoms with Crippen LogP contribution < -0.4 is 9.64 Å². The molecular weight excluding hydrogens is 290 g/mol. The fourth-order valence-corrected chi connectivity index (χ4v) is 2.87. The van der Waals surface area contributed by atoms with Crippen molar-refractivity contribution in [3.8, 4) is 5.75 Å². The van der Waals surface area contributed by atoms with Crippen molar-refractivity contribution in [1.29, 1.82) is 0 Å². The SMILES string of the molecule is CCN1CC(CN(C)C(=O)c2cccnc2)Oc2ccccc21. The molecule has 1 unspecified atom stereocenters. The van der Waals surface area contributed by atoms with Gasteiger partial charge in [0.15, 0.2) is 0 Å². The highest BCUT2D eigenvalue weighted by Crippen LogP contribution is 2.32. The summed E-state index contributed by atoms with van der Waals surface area (Å²) in [7, 11) is 1.80. The van der Waals surface area contributed by atoms with Crippen LogP contribution in [0.15, 0.2) is 48.8 Å². The van der Waals surface area contributed by atoms with Crippen LogP contribution in [0.4, 0.5) is 5.69 Å². The maximum atomic E-state index is 12.4. The summed E-state index contributed by atoms with van der Waals surface area (Å²) >= 11 is 0. The van der Waals surface area contributed by atoms with Crippen molar-refractivity contribution in [2.75, 3.05) is 31.6 Å². The van der Waals surface area contributed by atoms with Gasteiger partial charge in [-0.15, -0.1) is 0 Å². The van der Waals surface area contributed by atoms with E-state index in [1.165, 1.54) is 0 Å². The number of carbonyl (C=O) groups excluding carboxylic acids is 1. The van der Waals surface area contributed by atoms with E-state index in [2.05, 4.69) is 22.9 Å². The Hall–Kier alpha value is -2.56. The first-order valence-corrected chi connectivity index (χ1v) is 7.85. The number of anilines is 1. The van der Waals surface area contributed by atoms with Crippen molar-refractivity contribution in [2.24, 2.45) is 0 Å². The van der Waals surface area contributed by atoms with Gasteiger partial charge in [-0.05, 0) is 31.2 Å². The molecule has 1 aromatic heterocycles. The van der Waals surface area contributed by atoms with Crippen molar-refractivity contribution >= 4 is 11.6 Å². The summed E-state index contributed by atoms with van der Waals surface area (Å²) < 4.78 is 6.07. The molecular formula is C18H21N3O2. The van der Waals surface area contributed by atoms with Gasteiger partial charge in [-0.3, -0.25) is 9.78 Å². The predicted molar refractivity (Wildman–Crippen MR) is 89.9 cm³/mol. The normalized spacial score (nSPS) is 16.4. The molecule has 23 heavy (non-hydrogen) atoms. The Morgan fingerprint density at radius 2 is 2.17 bits per heavy atom. The Labute approximate surface area is 136 Å². The molecule has 1 amide bonds. The maximum absolute atomic E-state index is 12.4. The van der Waals surface area contributed by atoms with Crippen molar-refractivity contribution in [3.05, 3.63) is 54.4 Å². The fraction of sp³-hybridized carbons (Fsp3) is 0.333. The number of carbonyl (C=O) groups is 1. The third kappa shape index (κ3) is 3.28. The molecule has 5 heteroatoms. The molecule has 5 nitrogen and oxygen atoms in total. The van der Waals surface area contributed by atoms with Gasteiger partial charge in [-0.25, -0.2) is 0 Å². The molecule has 120 valence electrons. The Kier molecular flexibility index (Phi) is 4.46. The minimum atomic E-state index is -0.0459. The van der Waals surface area contributed by atoms with E-state index in [-0.39, 0.29) is 12.0 Å². The zero-order valence-electron chi connectivity index (χ0n) is 13.5. The van der Waals surface area contributed by atoms with E-state index in [1.807, 2.05) is 18.2 Å². The van der Waals surface area contributed by atoms with Gasteiger partial charge in [0.2, 0.25) is 0 Å². The molecule has 0 N–H and O–H groups in total. The van der Waals surface area contributed by atoms with Gasteiger partial charge in [0, 0.05) is 26.0 Å². The van der Waals surface area contributed by atoms with E-state index in [1.54, 1.807) is 36.5 Å². The van der Waals surface area contributed by atoms with Crippen LogP contribution in [0.5, 0.6) is 5.75 Å². The van der Waals surface area contributed by atoms with E-state index >= 15 is 0 Å². The van der Waals surface area contributed by atoms with Crippen LogP contribution in [0, 0.1) is 0 Å². The summed E-state index contributed by atoms with van der Waals surface area (Å²) in [6, 6.07) is 11.6. The van der Waals surface area contributed by atoms with Gasteiger partial charge >= 0.3 is 0 Å². The second-order valence-corrected chi connectivity index (χ2v) is 5.67. The standard InChI is InChI=1S/C18H21N3O2/c1-3-21-13-15(23-17-9-5-4-8-16(17)21)12-20(2)18(22)14-7-6-10-19-11-14/h4-11,15H,3,12-13H2,1-2H3. The number of para-hydroxylation sites is 2. The average molecular weight is 311 g/mol. The molecule has 0 aliphatic carbocycles. The quantitative estimate of drug-likeness (QED) is 0.870. The number of hydrogen-bond donors (Lipinski definition) is 0. The number of aromatic nitrogens is 1. The first-order valence-electron chi connectivity index (χ1n) is 7.85. The largest absolute Gasteiger partial charge is 0.485 e. The van der Waals surface area contributed by atoms with Crippen LogP contribution >= 0.6 is 0 Å².